The monoisotopic (exact) mass is 347 g/mol. The maximum absolute atomic E-state index is 13.4. The van der Waals surface area contributed by atoms with Crippen LogP contribution in [-0.2, 0) is 0 Å². The summed E-state index contributed by atoms with van der Waals surface area (Å²) < 4.78 is 13.4. The first kappa shape index (κ1) is 19.7. The fourth-order valence-electron chi connectivity index (χ4n) is 3.37. The first-order valence-electron chi connectivity index (χ1n) is 10.1. The average molecular weight is 348 g/mol. The molecule has 0 aliphatic carbocycles. The van der Waals surface area contributed by atoms with E-state index in [9.17, 15) is 4.39 Å². The Morgan fingerprint density at radius 1 is 0.960 bits per heavy atom. The van der Waals surface area contributed by atoms with E-state index in [1.54, 1.807) is 12.1 Å². The van der Waals surface area contributed by atoms with Crippen molar-refractivity contribution in [1.82, 2.24) is 5.43 Å². The Morgan fingerprint density at radius 3 is 2.24 bits per heavy atom. The molecule has 2 rings (SSSR count). The number of rotatable bonds is 13. The van der Waals surface area contributed by atoms with Crippen molar-refractivity contribution < 1.29 is 4.39 Å². The topological polar surface area (TPSA) is 27.6 Å². The molecular formula is C21H34FN3. The number of hydrogen-bond donors (Lipinski definition) is 1. The summed E-state index contributed by atoms with van der Waals surface area (Å²) in [6, 6.07) is 6.74. The molecule has 1 aliphatic heterocycles. The molecule has 0 atom stereocenters. The molecule has 1 aliphatic rings. The van der Waals surface area contributed by atoms with E-state index in [4.69, 9.17) is 0 Å². The number of hydrogen-bond acceptors (Lipinski definition) is 3. The predicted octanol–water partition coefficient (Wildman–Crippen LogP) is 6.21. The number of unbranched alkanes of at least 4 members (excludes halogenated alkanes) is 10. The minimum atomic E-state index is -0.196. The zero-order chi connectivity index (χ0) is 17.7. The molecule has 0 radical (unpaired) electrons. The van der Waals surface area contributed by atoms with Gasteiger partial charge in [0.25, 0.3) is 0 Å². The first-order chi connectivity index (χ1) is 12.3. The predicted molar refractivity (Wildman–Crippen MR) is 105 cm³/mol. The Morgan fingerprint density at radius 2 is 1.60 bits per heavy atom. The average Bonchev–Trinajstić information content (AvgIpc) is 3.08. The molecule has 25 heavy (non-hydrogen) atoms. The molecule has 0 aromatic heterocycles. The Bertz CT molecular complexity index is 516. The van der Waals surface area contributed by atoms with Crippen molar-refractivity contribution in [2.24, 2.45) is 5.10 Å². The molecule has 0 fully saturated rings. The summed E-state index contributed by atoms with van der Waals surface area (Å²) in [4.78, 5) is 2.07. The van der Waals surface area contributed by atoms with Gasteiger partial charge in [-0.1, -0.05) is 77.2 Å². The second-order valence-electron chi connectivity index (χ2n) is 7.04. The Kier molecular flexibility index (Phi) is 9.38. The van der Waals surface area contributed by atoms with Crippen molar-refractivity contribution in [2.75, 3.05) is 11.6 Å². The fourth-order valence-corrected chi connectivity index (χ4v) is 3.37. The smallest absolute Gasteiger partial charge is 0.130 e. The second-order valence-corrected chi connectivity index (χ2v) is 7.04. The Balaban J connectivity index is 1.53. The van der Waals surface area contributed by atoms with Crippen LogP contribution in [0.25, 0.3) is 0 Å². The molecule has 1 aromatic carbocycles. The van der Waals surface area contributed by atoms with Gasteiger partial charge >= 0.3 is 0 Å². The lowest BCUT2D eigenvalue weighted by molar-refractivity contribution is 0.551. The molecule has 0 spiro atoms. The van der Waals surface area contributed by atoms with Crippen molar-refractivity contribution in [3.63, 3.8) is 0 Å². The Hall–Kier alpha value is -1.58. The molecule has 0 bridgehead atoms. The third-order valence-corrected chi connectivity index (χ3v) is 4.87. The third-order valence-electron chi connectivity index (χ3n) is 4.87. The number of halogens is 1. The molecule has 140 valence electrons. The van der Waals surface area contributed by atoms with E-state index in [2.05, 4.69) is 22.4 Å². The highest BCUT2D eigenvalue weighted by atomic mass is 19.1. The highest BCUT2D eigenvalue weighted by Gasteiger charge is 2.18. The van der Waals surface area contributed by atoms with Crippen LogP contribution in [0.4, 0.5) is 10.1 Å². The molecule has 0 amide bonds. The number of nitrogens with one attached hydrogen (secondary N) is 1. The van der Waals surface area contributed by atoms with E-state index < -0.39 is 0 Å². The highest BCUT2D eigenvalue weighted by Crippen LogP contribution is 2.20. The summed E-state index contributed by atoms with van der Waals surface area (Å²) >= 11 is 0. The van der Waals surface area contributed by atoms with Gasteiger partial charge in [0, 0.05) is 12.1 Å². The van der Waals surface area contributed by atoms with Crippen molar-refractivity contribution in [1.29, 1.82) is 0 Å². The molecule has 3 nitrogen and oxygen atoms in total. The maximum Gasteiger partial charge on any atom is 0.130 e. The van der Waals surface area contributed by atoms with Crippen LogP contribution in [-0.4, -0.2) is 12.5 Å². The lowest BCUT2D eigenvalue weighted by Gasteiger charge is -2.19. The first-order valence-corrected chi connectivity index (χ1v) is 10.1. The van der Waals surface area contributed by atoms with Crippen LogP contribution in [0.5, 0.6) is 0 Å². The van der Waals surface area contributed by atoms with Crippen LogP contribution in [0, 0.1) is 5.82 Å². The van der Waals surface area contributed by atoms with Gasteiger partial charge in [-0.3, -0.25) is 5.43 Å². The van der Waals surface area contributed by atoms with E-state index in [0.717, 1.165) is 24.4 Å². The highest BCUT2D eigenvalue weighted by molar-refractivity contribution is 5.98. The number of benzene rings is 1. The summed E-state index contributed by atoms with van der Waals surface area (Å²) in [5.74, 6) is 0.833. The SMILES string of the molecule is CCCCCCCCCCCCCC1=NNCN1c1cccc(F)c1. The van der Waals surface area contributed by atoms with E-state index in [0.29, 0.717) is 6.67 Å². The van der Waals surface area contributed by atoms with Crippen LogP contribution in [0.3, 0.4) is 0 Å². The van der Waals surface area contributed by atoms with E-state index in [-0.39, 0.29) is 5.82 Å². The van der Waals surface area contributed by atoms with Crippen molar-refractivity contribution in [3.05, 3.63) is 30.1 Å². The molecule has 0 saturated heterocycles. The van der Waals surface area contributed by atoms with Crippen LogP contribution in [0.1, 0.15) is 84.0 Å². The second kappa shape index (κ2) is 11.9. The van der Waals surface area contributed by atoms with Gasteiger partial charge in [0.15, 0.2) is 0 Å². The summed E-state index contributed by atoms with van der Waals surface area (Å²) in [5, 5.41) is 4.38. The van der Waals surface area contributed by atoms with Crippen molar-refractivity contribution in [2.45, 2.75) is 84.0 Å². The van der Waals surface area contributed by atoms with E-state index in [1.165, 1.54) is 70.3 Å². The number of nitrogens with zero attached hydrogens (tertiary/aromatic N) is 2. The minimum absolute atomic E-state index is 0.196. The van der Waals surface area contributed by atoms with Gasteiger partial charge in [-0.15, -0.1) is 0 Å². The van der Waals surface area contributed by atoms with Gasteiger partial charge in [0.1, 0.15) is 18.3 Å². The van der Waals surface area contributed by atoms with Gasteiger partial charge in [0.2, 0.25) is 0 Å². The quantitative estimate of drug-likeness (QED) is 0.430. The van der Waals surface area contributed by atoms with Gasteiger partial charge in [-0.05, 0) is 24.6 Å². The van der Waals surface area contributed by atoms with Gasteiger partial charge in [-0.25, -0.2) is 4.39 Å². The van der Waals surface area contributed by atoms with Crippen LogP contribution < -0.4 is 10.3 Å². The largest absolute Gasteiger partial charge is 0.309 e. The summed E-state index contributed by atoms with van der Waals surface area (Å²) in [6.45, 7) is 2.90. The minimum Gasteiger partial charge on any atom is -0.309 e. The van der Waals surface area contributed by atoms with Crippen molar-refractivity contribution in [3.8, 4) is 0 Å². The third kappa shape index (κ3) is 7.45. The zero-order valence-electron chi connectivity index (χ0n) is 15.8. The summed E-state index contributed by atoms with van der Waals surface area (Å²) in [5.41, 5.74) is 3.90. The number of hydrazone groups is 1. The van der Waals surface area contributed by atoms with E-state index in [1.807, 2.05) is 6.07 Å². The van der Waals surface area contributed by atoms with Crippen LogP contribution in [0.2, 0.25) is 0 Å². The van der Waals surface area contributed by atoms with Gasteiger partial charge < -0.3 is 4.90 Å². The zero-order valence-corrected chi connectivity index (χ0v) is 15.8. The molecule has 1 heterocycles. The standard InChI is InChI=1S/C21H34FN3/c1-2-3-4-5-6-7-8-9-10-11-12-16-21-24-23-18-25(21)20-15-13-14-19(22)17-20/h13-15,17,23H,2-12,16,18H2,1H3. The van der Waals surface area contributed by atoms with Crippen LogP contribution >= 0.6 is 0 Å². The molecule has 0 saturated carbocycles. The number of anilines is 1. The van der Waals surface area contributed by atoms with Gasteiger partial charge in [-0.2, -0.15) is 5.10 Å². The van der Waals surface area contributed by atoms with Crippen molar-refractivity contribution >= 4 is 11.5 Å². The lowest BCUT2D eigenvalue weighted by atomic mass is 10.0. The normalized spacial score (nSPS) is 13.8. The Labute approximate surface area is 152 Å². The lowest BCUT2D eigenvalue weighted by Crippen LogP contribution is -2.29. The van der Waals surface area contributed by atoms with Gasteiger partial charge in [0.05, 0.1) is 0 Å². The molecular weight excluding hydrogens is 313 g/mol. The van der Waals surface area contributed by atoms with E-state index >= 15 is 0 Å². The van der Waals surface area contributed by atoms with Crippen LogP contribution in [0.15, 0.2) is 29.4 Å². The molecule has 0 unspecified atom stereocenters. The summed E-state index contributed by atoms with van der Waals surface area (Å²) in [6.07, 6.45) is 15.8. The summed E-state index contributed by atoms with van der Waals surface area (Å²) in [7, 11) is 0. The molecule has 1 N–H and O–H groups in total. The molecule has 4 heteroatoms. The number of amidine groups is 1. The molecule has 1 aromatic rings. The fraction of sp³-hybridized carbons (Fsp3) is 0.667. The maximum atomic E-state index is 13.4.